The predicted molar refractivity (Wildman–Crippen MR) is 144 cm³/mol. The SMILES string of the molecule is CCCc1cc(Cn2c(=O)n(C)c3ccccc32)cc(CCC)c1OC(C(=O)O)c1ccc2c(c1)OCO2. The average Bonchev–Trinajstić information content (AvgIpc) is 3.47. The summed E-state index contributed by atoms with van der Waals surface area (Å²) in [5.74, 6) is 0.619. The van der Waals surface area contributed by atoms with Crippen LogP contribution >= 0.6 is 0 Å². The van der Waals surface area contributed by atoms with E-state index in [2.05, 4.69) is 13.8 Å². The molecule has 3 aromatic carbocycles. The number of hydrogen-bond acceptors (Lipinski definition) is 5. The number of hydrogen-bond donors (Lipinski definition) is 1. The van der Waals surface area contributed by atoms with Crippen molar-refractivity contribution in [2.75, 3.05) is 6.79 Å². The summed E-state index contributed by atoms with van der Waals surface area (Å²) in [7, 11) is 1.78. The summed E-state index contributed by atoms with van der Waals surface area (Å²) in [5, 5.41) is 10.1. The Kier molecular flexibility index (Phi) is 7.13. The Morgan fingerprint density at radius 1 is 0.974 bits per heavy atom. The summed E-state index contributed by atoms with van der Waals surface area (Å²) in [6.07, 6.45) is 1.96. The summed E-state index contributed by atoms with van der Waals surface area (Å²) in [6, 6.07) is 16.9. The van der Waals surface area contributed by atoms with E-state index in [1.54, 1.807) is 34.4 Å². The van der Waals surface area contributed by atoms with Crippen LogP contribution in [0.2, 0.25) is 0 Å². The lowest BCUT2D eigenvalue weighted by atomic mass is 9.97. The monoisotopic (exact) mass is 516 g/mol. The zero-order valence-electron chi connectivity index (χ0n) is 21.9. The van der Waals surface area contributed by atoms with Gasteiger partial charge in [0.15, 0.2) is 11.5 Å². The fourth-order valence-corrected chi connectivity index (χ4v) is 5.13. The van der Waals surface area contributed by atoms with Crippen molar-refractivity contribution in [3.05, 3.63) is 87.3 Å². The Bertz CT molecular complexity index is 1520. The maximum atomic E-state index is 13.1. The lowest BCUT2D eigenvalue weighted by Crippen LogP contribution is -2.23. The van der Waals surface area contributed by atoms with Crippen molar-refractivity contribution in [3.8, 4) is 17.2 Å². The number of imidazole rings is 1. The highest BCUT2D eigenvalue weighted by Crippen LogP contribution is 2.37. The lowest BCUT2D eigenvalue weighted by molar-refractivity contribution is -0.145. The Hall–Kier alpha value is -4.20. The molecule has 8 nitrogen and oxygen atoms in total. The third-order valence-corrected chi connectivity index (χ3v) is 6.89. The molecule has 5 rings (SSSR count). The molecule has 0 fully saturated rings. The van der Waals surface area contributed by atoms with E-state index in [0.29, 0.717) is 29.4 Å². The number of rotatable bonds is 10. The number of aromatic nitrogens is 2. The Morgan fingerprint density at radius 2 is 1.63 bits per heavy atom. The van der Waals surface area contributed by atoms with Crippen LogP contribution in [0.3, 0.4) is 0 Å². The van der Waals surface area contributed by atoms with Gasteiger partial charge in [0.2, 0.25) is 12.9 Å². The van der Waals surface area contributed by atoms with Gasteiger partial charge in [-0.1, -0.05) is 57.0 Å². The first-order chi connectivity index (χ1) is 18.4. The second-order valence-electron chi connectivity index (χ2n) is 9.61. The van der Waals surface area contributed by atoms with Gasteiger partial charge in [-0.25, -0.2) is 9.59 Å². The van der Waals surface area contributed by atoms with Crippen LogP contribution in [0.5, 0.6) is 17.2 Å². The number of carbonyl (C=O) groups is 1. The van der Waals surface area contributed by atoms with E-state index < -0.39 is 12.1 Å². The molecule has 1 aromatic heterocycles. The van der Waals surface area contributed by atoms with Gasteiger partial charge in [-0.3, -0.25) is 9.13 Å². The summed E-state index contributed by atoms with van der Waals surface area (Å²) in [6.45, 7) is 4.69. The zero-order valence-corrected chi connectivity index (χ0v) is 21.9. The minimum absolute atomic E-state index is 0.0747. The molecule has 0 saturated heterocycles. The number of carboxylic acid groups (broad SMARTS) is 1. The third-order valence-electron chi connectivity index (χ3n) is 6.89. The largest absolute Gasteiger partial charge is 0.478 e. The Morgan fingerprint density at radius 3 is 2.29 bits per heavy atom. The van der Waals surface area contributed by atoms with Crippen molar-refractivity contribution in [2.24, 2.45) is 7.05 Å². The zero-order chi connectivity index (χ0) is 26.8. The van der Waals surface area contributed by atoms with Crippen LogP contribution in [-0.4, -0.2) is 27.0 Å². The fraction of sp³-hybridized carbons (Fsp3) is 0.333. The third kappa shape index (κ3) is 4.74. The van der Waals surface area contributed by atoms with Crippen molar-refractivity contribution < 1.29 is 24.1 Å². The average molecular weight is 517 g/mol. The summed E-state index contributed by atoms with van der Waals surface area (Å²) in [4.78, 5) is 25.4. The number of fused-ring (bicyclic) bond motifs is 2. The van der Waals surface area contributed by atoms with Gasteiger partial charge in [0.25, 0.3) is 0 Å². The number of nitrogens with zero attached hydrogens (tertiary/aromatic N) is 2. The van der Waals surface area contributed by atoms with Crippen LogP contribution in [-0.2, 0) is 31.2 Å². The summed E-state index contributed by atoms with van der Waals surface area (Å²) < 4.78 is 20.6. The standard InChI is InChI=1S/C30H32N2O6/c1-4-8-20-14-19(17-32-24-11-7-6-10-23(24)31(3)30(32)35)15-21(9-5-2)27(20)38-28(29(33)34)22-12-13-25-26(16-22)37-18-36-25/h6-7,10-16,28H,4-5,8-9,17-18H2,1-3H3,(H,33,34). The molecule has 1 aliphatic heterocycles. The first-order valence-electron chi connectivity index (χ1n) is 13.0. The number of para-hydroxylation sites is 2. The summed E-state index contributed by atoms with van der Waals surface area (Å²) in [5.41, 5.74) is 5.03. The highest BCUT2D eigenvalue weighted by molar-refractivity contribution is 5.76. The molecule has 0 aliphatic carbocycles. The number of ether oxygens (including phenoxy) is 3. The predicted octanol–water partition coefficient (Wildman–Crippen LogP) is 5.23. The van der Waals surface area contributed by atoms with Crippen molar-refractivity contribution >= 4 is 17.0 Å². The molecule has 1 atom stereocenters. The maximum Gasteiger partial charge on any atom is 0.349 e. The molecule has 1 aliphatic rings. The van der Waals surface area contributed by atoms with Gasteiger partial charge < -0.3 is 19.3 Å². The van der Waals surface area contributed by atoms with E-state index in [0.717, 1.165) is 53.4 Å². The molecular weight excluding hydrogens is 484 g/mol. The maximum absolute atomic E-state index is 13.1. The highest BCUT2D eigenvalue weighted by atomic mass is 16.7. The Balaban J connectivity index is 1.56. The van der Waals surface area contributed by atoms with Crippen LogP contribution < -0.4 is 19.9 Å². The van der Waals surface area contributed by atoms with E-state index in [9.17, 15) is 14.7 Å². The molecule has 0 amide bonds. The van der Waals surface area contributed by atoms with E-state index in [4.69, 9.17) is 14.2 Å². The molecular formula is C30H32N2O6. The van der Waals surface area contributed by atoms with Gasteiger partial charge in [0.1, 0.15) is 5.75 Å². The van der Waals surface area contributed by atoms with Crippen molar-refractivity contribution in [3.63, 3.8) is 0 Å². The van der Waals surface area contributed by atoms with Gasteiger partial charge in [-0.15, -0.1) is 0 Å². The fourth-order valence-electron chi connectivity index (χ4n) is 5.13. The van der Waals surface area contributed by atoms with Gasteiger partial charge >= 0.3 is 11.7 Å². The van der Waals surface area contributed by atoms with Crippen LogP contribution in [0.1, 0.15) is 55.0 Å². The van der Waals surface area contributed by atoms with Crippen molar-refractivity contribution in [1.29, 1.82) is 0 Å². The smallest absolute Gasteiger partial charge is 0.349 e. The van der Waals surface area contributed by atoms with Crippen LogP contribution in [0, 0.1) is 0 Å². The second kappa shape index (κ2) is 10.7. The number of benzene rings is 3. The topological polar surface area (TPSA) is 91.9 Å². The number of aryl methyl sites for hydroxylation is 3. The lowest BCUT2D eigenvalue weighted by Gasteiger charge is -2.22. The molecule has 8 heteroatoms. The number of aliphatic carboxylic acids is 1. The second-order valence-corrected chi connectivity index (χ2v) is 9.61. The quantitative estimate of drug-likeness (QED) is 0.311. The molecule has 38 heavy (non-hydrogen) atoms. The van der Waals surface area contributed by atoms with Gasteiger partial charge in [-0.05, 0) is 53.8 Å². The molecule has 1 unspecified atom stereocenters. The molecule has 2 heterocycles. The van der Waals surface area contributed by atoms with Crippen LogP contribution in [0.4, 0.5) is 0 Å². The van der Waals surface area contributed by atoms with Gasteiger partial charge in [0, 0.05) is 12.6 Å². The van der Waals surface area contributed by atoms with Gasteiger partial charge in [0.05, 0.1) is 17.6 Å². The molecule has 198 valence electrons. The Labute approximate surface area is 221 Å². The van der Waals surface area contributed by atoms with Crippen molar-refractivity contribution in [1.82, 2.24) is 9.13 Å². The number of carboxylic acids is 1. The molecule has 0 radical (unpaired) electrons. The molecule has 1 N–H and O–H groups in total. The molecule has 4 aromatic rings. The molecule has 0 spiro atoms. The normalized spacial score (nSPS) is 13.1. The molecule has 0 bridgehead atoms. The van der Waals surface area contributed by atoms with E-state index in [1.807, 2.05) is 36.4 Å². The van der Waals surface area contributed by atoms with Crippen LogP contribution in [0.15, 0.2) is 59.4 Å². The minimum atomic E-state index is -1.21. The highest BCUT2D eigenvalue weighted by Gasteiger charge is 2.27. The first-order valence-corrected chi connectivity index (χ1v) is 13.0. The first kappa shape index (κ1) is 25.4. The van der Waals surface area contributed by atoms with Crippen molar-refractivity contribution in [2.45, 2.75) is 52.2 Å². The minimum Gasteiger partial charge on any atom is -0.478 e. The van der Waals surface area contributed by atoms with Gasteiger partial charge in [-0.2, -0.15) is 0 Å². The van der Waals surface area contributed by atoms with E-state index >= 15 is 0 Å². The summed E-state index contributed by atoms with van der Waals surface area (Å²) >= 11 is 0. The van der Waals surface area contributed by atoms with E-state index in [-0.39, 0.29) is 12.5 Å². The van der Waals surface area contributed by atoms with E-state index in [1.165, 1.54) is 0 Å². The molecule has 0 saturated carbocycles. The van der Waals surface area contributed by atoms with Crippen LogP contribution in [0.25, 0.3) is 11.0 Å².